The first kappa shape index (κ1) is 8.55. The molecule has 1 fully saturated rings. The molecule has 0 aromatic carbocycles. The minimum Gasteiger partial charge on any atom is -0.349 e. The molecule has 0 bridgehead atoms. The van der Waals surface area contributed by atoms with E-state index in [0.717, 1.165) is 6.42 Å². The largest absolute Gasteiger partial charge is 0.349 e. The number of nitrogens with zero attached hydrogens (tertiary/aromatic N) is 1. The van der Waals surface area contributed by atoms with Crippen molar-refractivity contribution in [2.24, 2.45) is 5.41 Å². The van der Waals surface area contributed by atoms with E-state index in [1.807, 2.05) is 0 Å². The highest BCUT2D eigenvalue weighted by Crippen LogP contribution is 2.52. The summed E-state index contributed by atoms with van der Waals surface area (Å²) in [6.07, 6.45) is 0.752. The number of hydrogen-bond donors (Lipinski definition) is 0. The number of rotatable bonds is 1. The van der Waals surface area contributed by atoms with E-state index in [0.29, 0.717) is 0 Å². The van der Waals surface area contributed by atoms with Gasteiger partial charge in [0.1, 0.15) is 5.60 Å². The van der Waals surface area contributed by atoms with Crippen molar-refractivity contribution in [3.63, 3.8) is 0 Å². The fourth-order valence-electron chi connectivity index (χ4n) is 1.68. The highest BCUT2D eigenvalue weighted by molar-refractivity contribution is 5.18. The molecule has 0 saturated carbocycles. The van der Waals surface area contributed by atoms with Crippen LogP contribution >= 0.6 is 0 Å². The highest BCUT2D eigenvalue weighted by atomic mass is 16.6. The SMILES string of the molecule is CC[C@]1(C(C)(C)C)O[C@@H]1C#N. The van der Waals surface area contributed by atoms with Crippen molar-refractivity contribution < 1.29 is 4.74 Å². The summed E-state index contributed by atoms with van der Waals surface area (Å²) in [5.41, 5.74) is -0.0795. The Hall–Kier alpha value is -0.550. The van der Waals surface area contributed by atoms with Crippen molar-refractivity contribution in [2.45, 2.75) is 45.8 Å². The summed E-state index contributed by atoms with van der Waals surface area (Å²) in [4.78, 5) is 0. The van der Waals surface area contributed by atoms with Gasteiger partial charge in [-0.3, -0.25) is 0 Å². The molecule has 0 N–H and O–H groups in total. The van der Waals surface area contributed by atoms with Gasteiger partial charge in [-0.1, -0.05) is 27.7 Å². The predicted octanol–water partition coefficient (Wildman–Crippen LogP) is 2.10. The Kier molecular flexibility index (Phi) is 1.72. The van der Waals surface area contributed by atoms with Crippen molar-refractivity contribution in [1.82, 2.24) is 0 Å². The van der Waals surface area contributed by atoms with Crippen LogP contribution in [-0.4, -0.2) is 11.7 Å². The Morgan fingerprint density at radius 2 is 2.09 bits per heavy atom. The standard InChI is InChI=1S/C9H15NO/c1-5-9(8(2,3)4)7(6-10)11-9/h7H,5H2,1-4H3/t7-,9+/m1/s1. The van der Waals surface area contributed by atoms with E-state index in [1.165, 1.54) is 0 Å². The molecule has 2 nitrogen and oxygen atoms in total. The van der Waals surface area contributed by atoms with Crippen molar-refractivity contribution in [3.05, 3.63) is 0 Å². The summed E-state index contributed by atoms with van der Waals surface area (Å²) in [5.74, 6) is 0. The molecular weight excluding hydrogens is 138 g/mol. The molecule has 0 amide bonds. The van der Waals surface area contributed by atoms with Crippen molar-refractivity contribution in [3.8, 4) is 6.07 Å². The van der Waals surface area contributed by atoms with Gasteiger partial charge in [0.15, 0.2) is 6.10 Å². The molecule has 1 aliphatic rings. The number of hydrogen-bond acceptors (Lipinski definition) is 2. The second kappa shape index (κ2) is 2.22. The summed E-state index contributed by atoms with van der Waals surface area (Å²) >= 11 is 0. The van der Waals surface area contributed by atoms with Gasteiger partial charge >= 0.3 is 0 Å². The topological polar surface area (TPSA) is 36.3 Å². The van der Waals surface area contributed by atoms with E-state index in [9.17, 15) is 0 Å². The van der Waals surface area contributed by atoms with Crippen LogP contribution in [0.5, 0.6) is 0 Å². The molecule has 1 saturated heterocycles. The highest BCUT2D eigenvalue weighted by Gasteiger charge is 2.62. The van der Waals surface area contributed by atoms with Crippen LogP contribution in [0.3, 0.4) is 0 Å². The average molecular weight is 153 g/mol. The third kappa shape index (κ3) is 1.04. The molecule has 62 valence electrons. The van der Waals surface area contributed by atoms with Crippen LogP contribution in [0.2, 0.25) is 0 Å². The lowest BCUT2D eigenvalue weighted by Crippen LogP contribution is -2.31. The first-order valence-corrected chi connectivity index (χ1v) is 4.05. The first-order valence-electron chi connectivity index (χ1n) is 4.05. The molecule has 1 aliphatic heterocycles. The van der Waals surface area contributed by atoms with Gasteiger partial charge < -0.3 is 4.74 Å². The fraction of sp³-hybridized carbons (Fsp3) is 0.889. The lowest BCUT2D eigenvalue weighted by atomic mass is 9.77. The molecule has 0 aromatic heterocycles. The maximum Gasteiger partial charge on any atom is 0.174 e. The number of ether oxygens (including phenoxy) is 1. The minimum atomic E-state index is -0.174. The van der Waals surface area contributed by atoms with E-state index in [-0.39, 0.29) is 17.1 Å². The van der Waals surface area contributed by atoms with Crippen LogP contribution in [0, 0.1) is 16.7 Å². The summed E-state index contributed by atoms with van der Waals surface area (Å²) < 4.78 is 5.41. The van der Waals surface area contributed by atoms with Crippen molar-refractivity contribution in [1.29, 1.82) is 5.26 Å². The zero-order chi connectivity index (χ0) is 8.70. The molecule has 2 atom stereocenters. The van der Waals surface area contributed by atoms with Crippen LogP contribution in [0.4, 0.5) is 0 Å². The maximum atomic E-state index is 8.66. The lowest BCUT2D eigenvalue weighted by Gasteiger charge is -2.26. The third-order valence-electron chi connectivity index (χ3n) is 2.61. The molecule has 1 heterocycles. The third-order valence-corrected chi connectivity index (χ3v) is 2.61. The first-order chi connectivity index (χ1) is 4.98. The van der Waals surface area contributed by atoms with Gasteiger partial charge in [-0.25, -0.2) is 0 Å². The zero-order valence-electron chi connectivity index (χ0n) is 7.64. The monoisotopic (exact) mass is 153 g/mol. The van der Waals surface area contributed by atoms with E-state index < -0.39 is 0 Å². The van der Waals surface area contributed by atoms with Gasteiger partial charge in [0.25, 0.3) is 0 Å². The minimum absolute atomic E-state index is 0.0855. The number of nitriles is 1. The van der Waals surface area contributed by atoms with E-state index in [1.54, 1.807) is 0 Å². The van der Waals surface area contributed by atoms with Crippen LogP contribution in [0.15, 0.2) is 0 Å². The molecule has 0 aliphatic carbocycles. The normalized spacial score (nSPS) is 36.5. The molecule has 0 aromatic rings. The lowest BCUT2D eigenvalue weighted by molar-refractivity contribution is 0.150. The Bertz CT molecular complexity index is 199. The number of epoxide rings is 1. The second-order valence-electron chi connectivity index (χ2n) is 4.12. The Labute approximate surface area is 68.2 Å². The maximum absolute atomic E-state index is 8.66. The zero-order valence-corrected chi connectivity index (χ0v) is 7.64. The van der Waals surface area contributed by atoms with Crippen LogP contribution in [-0.2, 0) is 4.74 Å². The second-order valence-corrected chi connectivity index (χ2v) is 4.12. The summed E-state index contributed by atoms with van der Waals surface area (Å²) in [6, 6.07) is 2.17. The Morgan fingerprint density at radius 1 is 1.55 bits per heavy atom. The summed E-state index contributed by atoms with van der Waals surface area (Å²) in [7, 11) is 0. The van der Waals surface area contributed by atoms with Crippen LogP contribution in [0.25, 0.3) is 0 Å². The van der Waals surface area contributed by atoms with Crippen LogP contribution < -0.4 is 0 Å². The molecule has 0 radical (unpaired) electrons. The molecule has 2 heteroatoms. The van der Waals surface area contributed by atoms with Crippen molar-refractivity contribution in [2.75, 3.05) is 0 Å². The smallest absolute Gasteiger partial charge is 0.174 e. The Balaban J connectivity index is 2.77. The van der Waals surface area contributed by atoms with E-state index >= 15 is 0 Å². The Morgan fingerprint density at radius 3 is 2.18 bits per heavy atom. The molecule has 0 unspecified atom stereocenters. The van der Waals surface area contributed by atoms with Crippen LogP contribution in [0.1, 0.15) is 34.1 Å². The molecular formula is C9H15NO. The molecule has 1 rings (SSSR count). The fourth-order valence-corrected chi connectivity index (χ4v) is 1.68. The summed E-state index contributed by atoms with van der Waals surface area (Å²) in [5, 5.41) is 8.66. The van der Waals surface area contributed by atoms with E-state index in [2.05, 4.69) is 33.8 Å². The van der Waals surface area contributed by atoms with Crippen molar-refractivity contribution >= 4 is 0 Å². The predicted molar refractivity (Wildman–Crippen MR) is 43.0 cm³/mol. The van der Waals surface area contributed by atoms with E-state index in [4.69, 9.17) is 10.00 Å². The molecule has 0 spiro atoms. The molecule has 11 heavy (non-hydrogen) atoms. The summed E-state index contributed by atoms with van der Waals surface area (Å²) in [6.45, 7) is 8.43. The average Bonchev–Trinajstić information content (AvgIpc) is 2.60. The van der Waals surface area contributed by atoms with Gasteiger partial charge in [0.2, 0.25) is 0 Å². The van der Waals surface area contributed by atoms with Gasteiger partial charge in [0.05, 0.1) is 6.07 Å². The van der Waals surface area contributed by atoms with Gasteiger partial charge in [-0.15, -0.1) is 0 Å². The van der Waals surface area contributed by atoms with Gasteiger partial charge in [-0.05, 0) is 11.8 Å². The van der Waals surface area contributed by atoms with Gasteiger partial charge in [-0.2, -0.15) is 5.26 Å². The van der Waals surface area contributed by atoms with Gasteiger partial charge in [0, 0.05) is 0 Å². The quantitative estimate of drug-likeness (QED) is 0.541.